The van der Waals surface area contributed by atoms with Crippen LogP contribution in [0.15, 0.2) is 48.8 Å². The van der Waals surface area contributed by atoms with E-state index in [2.05, 4.69) is 37.5 Å². The Morgan fingerprint density at radius 1 is 1.18 bits per heavy atom. The molecule has 1 saturated heterocycles. The fourth-order valence-corrected chi connectivity index (χ4v) is 3.86. The van der Waals surface area contributed by atoms with Crippen molar-refractivity contribution in [2.75, 3.05) is 13.1 Å². The normalized spacial score (nSPS) is 15.8. The fraction of sp³-hybridized carbons (Fsp3) is 0.333. The lowest BCUT2D eigenvalue weighted by Crippen LogP contribution is -2.42. The quantitative estimate of drug-likeness (QED) is 0.657. The molecule has 1 aliphatic rings. The van der Waals surface area contributed by atoms with Crippen LogP contribution in [0.25, 0.3) is 11.4 Å². The van der Waals surface area contributed by atoms with Crippen LogP contribution in [0.1, 0.15) is 24.0 Å². The predicted molar refractivity (Wildman–Crippen MR) is 108 cm³/mol. The van der Waals surface area contributed by atoms with Gasteiger partial charge in [-0.1, -0.05) is 35.9 Å². The molecule has 2 heterocycles. The highest BCUT2D eigenvalue weighted by molar-refractivity contribution is 6.31. The van der Waals surface area contributed by atoms with E-state index in [1.807, 2.05) is 12.1 Å². The third kappa shape index (κ3) is 4.58. The number of rotatable bonds is 6. The molecule has 1 aliphatic heterocycles. The van der Waals surface area contributed by atoms with Crippen molar-refractivity contribution in [1.82, 2.24) is 25.4 Å². The Labute approximate surface area is 168 Å². The molecular weight excluding hydrogens is 377 g/mol. The van der Waals surface area contributed by atoms with Crippen LogP contribution in [0.5, 0.6) is 0 Å². The number of hydrogen-bond acceptors (Lipinski definition) is 4. The number of nitrogens with one attached hydrogen (secondary N) is 2. The lowest BCUT2D eigenvalue weighted by molar-refractivity contribution is 0.188. The number of H-pyrrole nitrogens is 1. The second-order valence-corrected chi connectivity index (χ2v) is 7.57. The Kier molecular flexibility index (Phi) is 6.00. The molecule has 4 rings (SSSR count). The highest BCUT2D eigenvalue weighted by Gasteiger charge is 2.20. The summed E-state index contributed by atoms with van der Waals surface area (Å²) in [5, 5.41) is 11.0. The van der Waals surface area contributed by atoms with Gasteiger partial charge in [0.15, 0.2) is 5.82 Å². The molecule has 7 heteroatoms. The second-order valence-electron chi connectivity index (χ2n) is 7.17. The van der Waals surface area contributed by atoms with Gasteiger partial charge in [-0.25, -0.2) is 9.37 Å². The van der Waals surface area contributed by atoms with Gasteiger partial charge in [-0.3, -0.25) is 10.00 Å². The summed E-state index contributed by atoms with van der Waals surface area (Å²) < 4.78 is 14.0. The molecule has 146 valence electrons. The molecule has 0 radical (unpaired) electrons. The van der Waals surface area contributed by atoms with Crippen molar-refractivity contribution in [3.05, 3.63) is 70.8 Å². The van der Waals surface area contributed by atoms with Gasteiger partial charge in [0, 0.05) is 35.3 Å². The van der Waals surface area contributed by atoms with Crippen molar-refractivity contribution < 1.29 is 4.39 Å². The highest BCUT2D eigenvalue weighted by Crippen LogP contribution is 2.23. The summed E-state index contributed by atoms with van der Waals surface area (Å²) in [6, 6.07) is 13.6. The van der Waals surface area contributed by atoms with Gasteiger partial charge in [0.25, 0.3) is 0 Å². The van der Waals surface area contributed by atoms with E-state index in [1.54, 1.807) is 12.1 Å². The van der Waals surface area contributed by atoms with E-state index < -0.39 is 0 Å². The molecule has 0 amide bonds. The largest absolute Gasteiger partial charge is 0.310 e. The predicted octanol–water partition coefficient (Wildman–Crippen LogP) is 4.02. The summed E-state index contributed by atoms with van der Waals surface area (Å²) >= 11 is 6.16. The zero-order valence-corrected chi connectivity index (χ0v) is 16.3. The Balaban J connectivity index is 1.28. The molecule has 0 unspecified atom stereocenters. The monoisotopic (exact) mass is 399 g/mol. The number of likely N-dealkylation sites (tertiary alicyclic amines) is 1. The molecule has 0 aliphatic carbocycles. The molecule has 3 aromatic rings. The summed E-state index contributed by atoms with van der Waals surface area (Å²) in [7, 11) is 0. The Morgan fingerprint density at radius 3 is 2.75 bits per heavy atom. The van der Waals surface area contributed by atoms with Crippen LogP contribution in [0, 0.1) is 5.82 Å². The van der Waals surface area contributed by atoms with Gasteiger partial charge >= 0.3 is 0 Å². The first-order valence-electron chi connectivity index (χ1n) is 9.52. The highest BCUT2D eigenvalue weighted by atomic mass is 35.5. The van der Waals surface area contributed by atoms with Crippen LogP contribution < -0.4 is 5.32 Å². The maximum Gasteiger partial charge on any atom is 0.155 e. The van der Waals surface area contributed by atoms with Gasteiger partial charge in [-0.2, -0.15) is 5.10 Å². The average molecular weight is 400 g/mol. The summed E-state index contributed by atoms with van der Waals surface area (Å²) in [5.74, 6) is 0.557. The molecule has 0 saturated carbocycles. The van der Waals surface area contributed by atoms with Gasteiger partial charge in [0.2, 0.25) is 0 Å². The van der Waals surface area contributed by atoms with Crippen LogP contribution in [0.4, 0.5) is 4.39 Å². The van der Waals surface area contributed by atoms with Gasteiger partial charge in [-0.15, -0.1) is 0 Å². The number of benzene rings is 2. The maximum absolute atomic E-state index is 14.0. The molecular formula is C21H23ClFN5. The van der Waals surface area contributed by atoms with Crippen molar-refractivity contribution in [3.8, 4) is 11.4 Å². The van der Waals surface area contributed by atoms with Gasteiger partial charge in [-0.05, 0) is 49.7 Å². The van der Waals surface area contributed by atoms with Gasteiger partial charge < -0.3 is 5.32 Å². The third-order valence-corrected chi connectivity index (χ3v) is 5.60. The number of halogens is 2. The topological polar surface area (TPSA) is 56.8 Å². The maximum atomic E-state index is 14.0. The first-order valence-corrected chi connectivity index (χ1v) is 9.90. The molecule has 0 atom stereocenters. The SMILES string of the molecule is Fc1cccc(Cl)c1CN1CCC(NCc2cccc(-c3ncn[nH]3)c2)CC1. The minimum atomic E-state index is -0.223. The number of piperidine rings is 1. The van der Waals surface area contributed by atoms with E-state index in [9.17, 15) is 4.39 Å². The van der Waals surface area contributed by atoms with Crippen molar-refractivity contribution in [3.63, 3.8) is 0 Å². The Hall–Kier alpha value is -2.28. The van der Waals surface area contributed by atoms with E-state index in [1.165, 1.54) is 18.0 Å². The lowest BCUT2D eigenvalue weighted by Gasteiger charge is -2.32. The van der Waals surface area contributed by atoms with Crippen LogP contribution in [-0.4, -0.2) is 39.2 Å². The van der Waals surface area contributed by atoms with E-state index in [0.717, 1.165) is 43.9 Å². The van der Waals surface area contributed by atoms with E-state index in [-0.39, 0.29) is 5.82 Å². The third-order valence-electron chi connectivity index (χ3n) is 5.24. The van der Waals surface area contributed by atoms with Crippen LogP contribution in [0.3, 0.4) is 0 Å². The van der Waals surface area contributed by atoms with Crippen molar-refractivity contribution in [2.24, 2.45) is 0 Å². The van der Waals surface area contributed by atoms with E-state index in [4.69, 9.17) is 11.6 Å². The summed E-state index contributed by atoms with van der Waals surface area (Å²) in [4.78, 5) is 6.47. The Morgan fingerprint density at radius 2 is 2.00 bits per heavy atom. The number of aromatic amines is 1. The van der Waals surface area contributed by atoms with Gasteiger partial charge in [0.05, 0.1) is 0 Å². The summed E-state index contributed by atoms with van der Waals surface area (Å²) in [6.45, 7) is 3.24. The Bertz CT molecular complexity index is 887. The molecule has 2 aromatic carbocycles. The summed E-state index contributed by atoms with van der Waals surface area (Å²) in [5.41, 5.74) is 2.85. The van der Waals surface area contributed by atoms with Crippen molar-refractivity contribution >= 4 is 11.6 Å². The first kappa shape index (κ1) is 19.1. The molecule has 1 fully saturated rings. The smallest absolute Gasteiger partial charge is 0.155 e. The lowest BCUT2D eigenvalue weighted by atomic mass is 10.0. The second kappa shape index (κ2) is 8.82. The average Bonchev–Trinajstić information content (AvgIpc) is 3.25. The van der Waals surface area contributed by atoms with Crippen molar-refractivity contribution in [1.29, 1.82) is 0 Å². The molecule has 2 N–H and O–H groups in total. The number of nitrogens with zero attached hydrogens (tertiary/aromatic N) is 3. The van der Waals surface area contributed by atoms with E-state index >= 15 is 0 Å². The zero-order chi connectivity index (χ0) is 19.3. The first-order chi connectivity index (χ1) is 13.7. The molecule has 1 aromatic heterocycles. The van der Waals surface area contributed by atoms with Gasteiger partial charge in [0.1, 0.15) is 12.1 Å². The van der Waals surface area contributed by atoms with Crippen molar-refractivity contribution in [2.45, 2.75) is 32.0 Å². The standard InChI is InChI=1S/C21H23ClFN5/c22-19-5-2-6-20(23)18(19)13-28-9-7-17(8-10-28)24-12-15-3-1-4-16(11-15)21-25-14-26-27-21/h1-6,11,14,17,24H,7-10,12-13H2,(H,25,26,27). The molecule has 0 spiro atoms. The number of hydrogen-bond donors (Lipinski definition) is 2. The minimum Gasteiger partial charge on any atom is -0.310 e. The molecule has 5 nitrogen and oxygen atoms in total. The summed E-state index contributed by atoms with van der Waals surface area (Å²) in [6.07, 6.45) is 3.59. The van der Waals surface area contributed by atoms with Crippen LogP contribution in [0.2, 0.25) is 5.02 Å². The molecule has 28 heavy (non-hydrogen) atoms. The van der Waals surface area contributed by atoms with Crippen LogP contribution in [-0.2, 0) is 13.1 Å². The zero-order valence-electron chi connectivity index (χ0n) is 15.5. The fourth-order valence-electron chi connectivity index (χ4n) is 3.64. The minimum absolute atomic E-state index is 0.223. The van der Waals surface area contributed by atoms with Crippen LogP contribution >= 0.6 is 11.6 Å². The van der Waals surface area contributed by atoms with E-state index in [0.29, 0.717) is 23.2 Å². The molecule has 0 bridgehead atoms. The number of aromatic nitrogens is 3.